The van der Waals surface area contributed by atoms with Crippen LogP contribution in [0.1, 0.15) is 6.85 Å². The molecule has 0 fully saturated rings. The van der Waals surface area contributed by atoms with Crippen molar-refractivity contribution in [3.8, 4) is 56.4 Å². The van der Waals surface area contributed by atoms with E-state index in [1.54, 1.807) is 0 Å². The normalized spacial score (nSPS) is 13.6. The monoisotopic (exact) mass is 979 g/mol. The molecule has 0 radical (unpaired) electrons. The van der Waals surface area contributed by atoms with Gasteiger partial charge in [0.25, 0.3) is 0 Å². The number of nitrogens with zero attached hydrogens (tertiary/aromatic N) is 5. The van der Waals surface area contributed by atoms with E-state index in [1.807, 2.05) is 121 Å². The van der Waals surface area contributed by atoms with Gasteiger partial charge in [-0.25, -0.2) is 0 Å². The third-order valence-electron chi connectivity index (χ3n) is 11.5. The molecule has 62 heavy (non-hydrogen) atoms. The number of hydrogen-bond acceptors (Lipinski definition) is 4. The predicted octanol–water partition coefficient (Wildman–Crippen LogP) is 12.3. The maximum absolute atomic E-state index is 9.05. The Bertz CT molecular complexity index is 3680. The summed E-state index contributed by atoms with van der Waals surface area (Å²) in [6, 6.07) is 63.7. The first kappa shape index (κ1) is 31.4. The van der Waals surface area contributed by atoms with E-state index in [1.165, 1.54) is 11.1 Å². The molecule has 2 aromatic heterocycles. The van der Waals surface area contributed by atoms with Crippen molar-refractivity contribution in [1.82, 2.24) is 14.1 Å². The number of aromatic nitrogens is 3. The molecule has 6 nitrogen and oxygen atoms in total. The molecule has 8 heteroatoms. The predicted molar refractivity (Wildman–Crippen MR) is 247 cm³/mol. The molecule has 0 aliphatic carbocycles. The van der Waals surface area contributed by atoms with Crippen LogP contribution >= 0.6 is 0 Å². The van der Waals surface area contributed by atoms with Gasteiger partial charge in [0.1, 0.15) is 0 Å². The van der Waals surface area contributed by atoms with Gasteiger partial charge in [0.15, 0.2) is 0 Å². The van der Waals surface area contributed by atoms with Crippen LogP contribution in [0.5, 0.6) is 11.6 Å². The SMILES string of the molecule is [2H]c1c([2H])c([2H])c(-c2cccc(-c3ccccc3)c2-n2[c](=[Pt])n(-c3[c-]c(Oc4cccc(N5B6c7ccccc7-c7ccccc7N6c6ccc[c-]c65)n4)ccc3)c3ccccc32)c([2H])c1[2H]. The summed E-state index contributed by atoms with van der Waals surface area (Å²) in [5, 5.41) is 0. The van der Waals surface area contributed by atoms with E-state index in [0.29, 0.717) is 34.4 Å². The van der Waals surface area contributed by atoms with Crippen molar-refractivity contribution < 1.29 is 30.9 Å². The summed E-state index contributed by atoms with van der Waals surface area (Å²) in [6.07, 6.45) is 0. The summed E-state index contributed by atoms with van der Waals surface area (Å²) in [7, 11) is 0. The van der Waals surface area contributed by atoms with Crippen LogP contribution in [-0.4, -0.2) is 21.1 Å². The molecule has 0 atom stereocenters. The van der Waals surface area contributed by atoms with Crippen LogP contribution in [0.2, 0.25) is 0 Å². The van der Waals surface area contributed by atoms with E-state index < -0.39 is 18.1 Å². The number of fused-ring (bicyclic) bond motifs is 9. The van der Waals surface area contributed by atoms with Gasteiger partial charge in [0.05, 0.1) is 0 Å². The molecule has 0 unspecified atom stereocenters. The molecule has 0 bridgehead atoms. The zero-order valence-corrected chi connectivity index (χ0v) is 35.1. The van der Waals surface area contributed by atoms with E-state index in [9.17, 15) is 0 Å². The average Bonchev–Trinajstić information content (AvgIpc) is 3.88. The molecule has 4 heterocycles. The van der Waals surface area contributed by atoms with Crippen molar-refractivity contribution in [3.05, 3.63) is 222 Å². The standard InChI is InChI=1S/C54H34BN5O.Pt/c1-3-18-38(19-4-1)42-26-16-27-43(39-20-5-2-6-21-39)54(42)58-37-57(48-30-11-12-31-49(48)58)40-22-15-23-41(36-40)61-53-35-17-34-52(56-53)60-51-33-14-13-32-50(51)59-47-29-10-8-25-45(47)44-24-7-9-28-46(44)55(59)60;/h1-32,34-35H;/q-2;/i1D,3D,4D,18D,19D;. The number of pyridine rings is 1. The fourth-order valence-corrected chi connectivity index (χ4v) is 10.0. The van der Waals surface area contributed by atoms with E-state index >= 15 is 0 Å². The number of ether oxygens (including phenoxy) is 1. The second-order valence-corrected chi connectivity index (χ2v) is 15.9. The van der Waals surface area contributed by atoms with Crippen LogP contribution in [-0.2, 0) is 19.4 Å². The summed E-state index contributed by atoms with van der Waals surface area (Å²) in [5.74, 6) is 1.56. The Balaban J connectivity index is 0.972. The topological polar surface area (TPSA) is 38.5 Å². The Morgan fingerprint density at radius 1 is 0.565 bits per heavy atom. The van der Waals surface area contributed by atoms with Crippen LogP contribution < -0.4 is 19.8 Å². The zero-order valence-electron chi connectivity index (χ0n) is 37.8. The van der Waals surface area contributed by atoms with Gasteiger partial charge in [-0.3, -0.25) is 0 Å². The second-order valence-electron chi connectivity index (χ2n) is 14.9. The molecule has 0 saturated heterocycles. The Hall–Kier alpha value is -7.47. The Morgan fingerprint density at radius 2 is 1.24 bits per heavy atom. The van der Waals surface area contributed by atoms with Gasteiger partial charge >= 0.3 is 296 Å². The number of imidazole rings is 1. The minimum atomic E-state index is -0.439. The number of benzene rings is 8. The molecule has 296 valence electrons. The van der Waals surface area contributed by atoms with E-state index in [2.05, 4.69) is 105 Å². The van der Waals surface area contributed by atoms with Crippen molar-refractivity contribution in [3.63, 3.8) is 0 Å². The van der Waals surface area contributed by atoms with Crippen LogP contribution in [0.25, 0.3) is 55.8 Å². The first-order chi connectivity index (χ1) is 32.8. The van der Waals surface area contributed by atoms with Crippen molar-refractivity contribution in [2.75, 3.05) is 9.62 Å². The van der Waals surface area contributed by atoms with E-state index in [4.69, 9.17) is 16.6 Å². The quantitative estimate of drug-likeness (QED) is 0.118. The fraction of sp³-hybridized carbons (Fsp3) is 0. The van der Waals surface area contributed by atoms with E-state index in [-0.39, 0.29) is 24.6 Å². The Morgan fingerprint density at radius 3 is 2.10 bits per heavy atom. The molecule has 10 aromatic rings. The van der Waals surface area contributed by atoms with Crippen molar-refractivity contribution in [2.24, 2.45) is 0 Å². The molecule has 0 amide bonds. The summed E-state index contributed by atoms with van der Waals surface area (Å²) in [6.45, 7) is -0.207. The molecule has 8 aromatic carbocycles. The first-order valence-corrected chi connectivity index (χ1v) is 21.3. The van der Waals surface area contributed by atoms with Crippen LogP contribution in [0.3, 0.4) is 0 Å². The average molecular weight is 980 g/mol. The molecule has 2 aliphatic heterocycles. The van der Waals surface area contributed by atoms with Gasteiger partial charge in [-0.15, -0.1) is 6.07 Å². The minimum absolute atomic E-state index is 0.122. The molecule has 2 aliphatic rings. The summed E-state index contributed by atoms with van der Waals surface area (Å²) in [4.78, 5) is 9.75. The van der Waals surface area contributed by atoms with Crippen LogP contribution in [0, 0.1) is 15.9 Å². The molecule has 12 rings (SSSR count). The van der Waals surface area contributed by atoms with Crippen LogP contribution in [0.4, 0.5) is 22.9 Å². The van der Waals surface area contributed by atoms with Gasteiger partial charge in [0.2, 0.25) is 0 Å². The van der Waals surface area contributed by atoms with Gasteiger partial charge in [-0.1, -0.05) is 42.5 Å². The number of anilines is 4. The number of para-hydroxylation sites is 5. The third-order valence-corrected chi connectivity index (χ3v) is 12.5. The molecule has 0 spiro atoms. The van der Waals surface area contributed by atoms with Crippen molar-refractivity contribution in [1.29, 1.82) is 0 Å². The zero-order chi connectivity index (χ0) is 45.5. The molecular weight excluding hydrogens is 941 g/mol. The number of rotatable bonds is 7. The van der Waals surface area contributed by atoms with Crippen LogP contribution in [0.15, 0.2) is 206 Å². The summed E-state index contributed by atoms with van der Waals surface area (Å²) < 4.78 is 55.2. The Kier molecular flexibility index (Phi) is 7.56. The summed E-state index contributed by atoms with van der Waals surface area (Å²) in [5.41, 5.74) is 12.0. The molecule has 0 saturated carbocycles. The van der Waals surface area contributed by atoms with E-state index in [0.717, 1.165) is 48.5 Å². The van der Waals surface area contributed by atoms with Gasteiger partial charge in [-0.05, 0) is 11.6 Å². The fourth-order valence-electron chi connectivity index (χ4n) is 8.94. The van der Waals surface area contributed by atoms with Gasteiger partial charge < -0.3 is 0 Å². The summed E-state index contributed by atoms with van der Waals surface area (Å²) >= 11 is 2.31. The van der Waals surface area contributed by atoms with Gasteiger partial charge in [0, 0.05) is 11.3 Å². The first-order valence-electron chi connectivity index (χ1n) is 22.7. The molecule has 0 N–H and O–H groups in total. The third kappa shape index (κ3) is 5.84. The van der Waals surface area contributed by atoms with Crippen molar-refractivity contribution in [2.45, 2.75) is 0 Å². The Labute approximate surface area is 377 Å². The molecular formula is C54H34BN5OPt-2. The van der Waals surface area contributed by atoms with Gasteiger partial charge in [-0.2, -0.15) is 12.1 Å². The number of hydrogen-bond donors (Lipinski definition) is 0. The maximum atomic E-state index is 9.05. The van der Waals surface area contributed by atoms with Crippen molar-refractivity contribution >= 4 is 46.4 Å². The second kappa shape index (κ2) is 14.9.